The lowest BCUT2D eigenvalue weighted by molar-refractivity contribution is -0.126. The number of hydrogen-bond acceptors (Lipinski definition) is 3. The van der Waals surface area contributed by atoms with E-state index in [1.807, 2.05) is 35.3 Å². The molecule has 0 spiro atoms. The van der Waals surface area contributed by atoms with Crippen LogP contribution in [0.25, 0.3) is 0 Å². The molecule has 1 aliphatic heterocycles. The van der Waals surface area contributed by atoms with Crippen LogP contribution in [0.4, 0.5) is 0 Å². The monoisotopic (exact) mass is 422 g/mol. The first kappa shape index (κ1) is 20.6. The van der Waals surface area contributed by atoms with Crippen LogP contribution in [0.15, 0.2) is 67.3 Å². The number of amides is 1. The molecule has 2 heterocycles. The molecule has 1 aromatic heterocycles. The highest BCUT2D eigenvalue weighted by Crippen LogP contribution is 2.22. The van der Waals surface area contributed by atoms with Crippen LogP contribution in [0.2, 0.25) is 5.02 Å². The first-order valence-corrected chi connectivity index (χ1v) is 10.8. The van der Waals surface area contributed by atoms with Gasteiger partial charge in [-0.15, -0.1) is 0 Å². The second-order valence-electron chi connectivity index (χ2n) is 7.93. The SMILES string of the molecule is O=C(NCc1ccc(Cn2ccnc2)cc1)C1CCCN(Cc2ccccc2Cl)C1. The van der Waals surface area contributed by atoms with Crippen LogP contribution >= 0.6 is 11.6 Å². The molecule has 5 nitrogen and oxygen atoms in total. The summed E-state index contributed by atoms with van der Waals surface area (Å²) in [6.45, 7) is 3.94. The average Bonchev–Trinajstić information content (AvgIpc) is 3.28. The molecule has 1 N–H and O–H groups in total. The summed E-state index contributed by atoms with van der Waals surface area (Å²) in [4.78, 5) is 19.1. The molecular weight excluding hydrogens is 396 g/mol. The Morgan fingerprint density at radius 3 is 2.67 bits per heavy atom. The van der Waals surface area contributed by atoms with Gasteiger partial charge in [0, 0.05) is 43.6 Å². The van der Waals surface area contributed by atoms with Crippen LogP contribution in [0, 0.1) is 5.92 Å². The summed E-state index contributed by atoms with van der Waals surface area (Å²) in [7, 11) is 0. The summed E-state index contributed by atoms with van der Waals surface area (Å²) >= 11 is 6.30. The lowest BCUT2D eigenvalue weighted by atomic mass is 9.96. The van der Waals surface area contributed by atoms with Crippen LogP contribution < -0.4 is 5.32 Å². The minimum atomic E-state index is 0.0294. The Kier molecular flexibility index (Phi) is 6.82. The Morgan fingerprint density at radius 1 is 1.10 bits per heavy atom. The smallest absolute Gasteiger partial charge is 0.224 e. The number of halogens is 1. The van der Waals surface area contributed by atoms with Gasteiger partial charge in [0.2, 0.25) is 5.91 Å². The Hall–Kier alpha value is -2.63. The second kappa shape index (κ2) is 9.92. The van der Waals surface area contributed by atoms with Gasteiger partial charge in [0.1, 0.15) is 0 Å². The Morgan fingerprint density at radius 2 is 1.90 bits per heavy atom. The van der Waals surface area contributed by atoms with Crippen molar-refractivity contribution in [2.24, 2.45) is 5.92 Å². The van der Waals surface area contributed by atoms with Crippen LogP contribution in [-0.4, -0.2) is 33.4 Å². The van der Waals surface area contributed by atoms with Gasteiger partial charge in [-0.25, -0.2) is 4.98 Å². The zero-order valence-electron chi connectivity index (χ0n) is 17.0. The molecule has 0 bridgehead atoms. The molecule has 1 atom stereocenters. The highest BCUT2D eigenvalue weighted by Gasteiger charge is 2.25. The molecule has 1 amide bonds. The number of carbonyl (C=O) groups excluding carboxylic acids is 1. The average molecular weight is 423 g/mol. The number of rotatable bonds is 7. The van der Waals surface area contributed by atoms with Crippen LogP contribution in [0.5, 0.6) is 0 Å². The minimum absolute atomic E-state index is 0.0294. The van der Waals surface area contributed by atoms with Crippen LogP contribution in [-0.2, 0) is 24.4 Å². The molecule has 1 aliphatic rings. The fraction of sp³-hybridized carbons (Fsp3) is 0.333. The largest absolute Gasteiger partial charge is 0.352 e. The highest BCUT2D eigenvalue weighted by molar-refractivity contribution is 6.31. The number of carbonyl (C=O) groups is 1. The zero-order valence-corrected chi connectivity index (χ0v) is 17.8. The predicted octanol–water partition coefficient (Wildman–Crippen LogP) is 4.11. The van der Waals surface area contributed by atoms with Gasteiger partial charge in [0.15, 0.2) is 0 Å². The predicted molar refractivity (Wildman–Crippen MR) is 119 cm³/mol. The first-order chi connectivity index (χ1) is 14.7. The number of nitrogens with zero attached hydrogens (tertiary/aromatic N) is 3. The number of benzene rings is 2. The Bertz CT molecular complexity index is 956. The summed E-state index contributed by atoms with van der Waals surface area (Å²) in [5, 5.41) is 3.91. The maximum absolute atomic E-state index is 12.7. The number of likely N-dealkylation sites (tertiary alicyclic amines) is 1. The van der Waals surface area contributed by atoms with Gasteiger partial charge >= 0.3 is 0 Å². The topological polar surface area (TPSA) is 50.2 Å². The Balaban J connectivity index is 1.26. The van der Waals surface area contributed by atoms with E-state index < -0.39 is 0 Å². The van der Waals surface area contributed by atoms with E-state index in [1.165, 1.54) is 5.56 Å². The van der Waals surface area contributed by atoms with Crippen molar-refractivity contribution in [3.05, 3.63) is 89.0 Å². The van der Waals surface area contributed by atoms with E-state index in [-0.39, 0.29) is 11.8 Å². The molecule has 30 heavy (non-hydrogen) atoms. The fourth-order valence-corrected chi connectivity index (χ4v) is 4.16. The van der Waals surface area contributed by atoms with Gasteiger partial charge < -0.3 is 9.88 Å². The molecule has 1 fully saturated rings. The van der Waals surface area contributed by atoms with E-state index in [1.54, 1.807) is 6.20 Å². The van der Waals surface area contributed by atoms with Crippen molar-refractivity contribution in [2.45, 2.75) is 32.5 Å². The third kappa shape index (κ3) is 5.49. The molecule has 4 rings (SSSR count). The highest BCUT2D eigenvalue weighted by atomic mass is 35.5. The maximum atomic E-state index is 12.7. The summed E-state index contributed by atoms with van der Waals surface area (Å²) < 4.78 is 2.04. The van der Waals surface area contributed by atoms with E-state index in [0.717, 1.165) is 55.2 Å². The zero-order chi connectivity index (χ0) is 20.8. The molecular formula is C24H27ClN4O. The molecule has 1 saturated heterocycles. The van der Waals surface area contributed by atoms with E-state index in [4.69, 9.17) is 11.6 Å². The standard InChI is InChI=1S/C24H27ClN4O/c25-23-6-2-1-4-21(23)16-28-12-3-5-22(17-28)24(30)27-14-19-7-9-20(10-8-19)15-29-13-11-26-18-29/h1-2,4,6-11,13,18,22H,3,5,12,14-17H2,(H,27,30). The molecule has 0 radical (unpaired) electrons. The van der Waals surface area contributed by atoms with Crippen molar-refractivity contribution < 1.29 is 4.79 Å². The van der Waals surface area contributed by atoms with Gasteiger partial charge in [0.05, 0.1) is 12.2 Å². The van der Waals surface area contributed by atoms with Gasteiger partial charge in [0.25, 0.3) is 0 Å². The molecule has 0 aliphatic carbocycles. The molecule has 1 unspecified atom stereocenters. The summed E-state index contributed by atoms with van der Waals surface area (Å²) in [6.07, 6.45) is 7.52. The van der Waals surface area contributed by atoms with Gasteiger partial charge in [-0.1, -0.05) is 54.1 Å². The lowest BCUT2D eigenvalue weighted by Gasteiger charge is -2.32. The lowest BCUT2D eigenvalue weighted by Crippen LogP contribution is -2.42. The minimum Gasteiger partial charge on any atom is -0.352 e. The normalized spacial score (nSPS) is 17.0. The summed E-state index contributed by atoms with van der Waals surface area (Å²) in [6, 6.07) is 16.3. The molecule has 2 aromatic carbocycles. The van der Waals surface area contributed by atoms with Gasteiger partial charge in [-0.3, -0.25) is 9.69 Å². The number of nitrogens with one attached hydrogen (secondary N) is 1. The van der Waals surface area contributed by atoms with E-state index in [2.05, 4.69) is 45.5 Å². The van der Waals surface area contributed by atoms with Crippen molar-refractivity contribution in [1.29, 1.82) is 0 Å². The fourth-order valence-electron chi connectivity index (χ4n) is 3.97. The van der Waals surface area contributed by atoms with Gasteiger partial charge in [-0.05, 0) is 42.1 Å². The molecule has 0 saturated carbocycles. The second-order valence-corrected chi connectivity index (χ2v) is 8.34. The Labute approximate surface area is 182 Å². The van der Waals surface area contributed by atoms with Crippen molar-refractivity contribution in [3.63, 3.8) is 0 Å². The van der Waals surface area contributed by atoms with Crippen molar-refractivity contribution in [2.75, 3.05) is 13.1 Å². The first-order valence-electron chi connectivity index (χ1n) is 10.4. The number of imidazole rings is 1. The third-order valence-electron chi connectivity index (χ3n) is 5.64. The van der Waals surface area contributed by atoms with Crippen LogP contribution in [0.3, 0.4) is 0 Å². The van der Waals surface area contributed by atoms with Crippen molar-refractivity contribution in [3.8, 4) is 0 Å². The number of piperidine rings is 1. The maximum Gasteiger partial charge on any atom is 0.224 e. The van der Waals surface area contributed by atoms with E-state index in [0.29, 0.717) is 6.54 Å². The molecule has 6 heteroatoms. The molecule has 156 valence electrons. The van der Waals surface area contributed by atoms with Crippen molar-refractivity contribution >= 4 is 17.5 Å². The molecule has 3 aromatic rings. The third-order valence-corrected chi connectivity index (χ3v) is 6.01. The number of hydrogen-bond donors (Lipinski definition) is 1. The van der Waals surface area contributed by atoms with Gasteiger partial charge in [-0.2, -0.15) is 0 Å². The summed E-state index contributed by atoms with van der Waals surface area (Å²) in [5.74, 6) is 0.170. The quantitative estimate of drug-likeness (QED) is 0.623. The van der Waals surface area contributed by atoms with Crippen molar-refractivity contribution in [1.82, 2.24) is 19.8 Å². The van der Waals surface area contributed by atoms with Crippen LogP contribution in [0.1, 0.15) is 29.5 Å². The summed E-state index contributed by atoms with van der Waals surface area (Å²) in [5.41, 5.74) is 3.45. The van der Waals surface area contributed by atoms with E-state index in [9.17, 15) is 4.79 Å². The number of aromatic nitrogens is 2. The van der Waals surface area contributed by atoms with E-state index >= 15 is 0 Å².